The standard InChI is InChI=1S/C11H16O7/c1-7(2)18-11(15)17-5-4-8(6-9(12)13)10(14)16-3/h6-7H,4-5H2,1-3H3,(H,12,13)/b8-6+. The van der Waals surface area contributed by atoms with E-state index in [0.717, 1.165) is 7.11 Å². The fourth-order valence-electron chi connectivity index (χ4n) is 0.984. The fourth-order valence-corrected chi connectivity index (χ4v) is 0.984. The molecule has 102 valence electrons. The Labute approximate surface area is 104 Å². The van der Waals surface area contributed by atoms with E-state index in [-0.39, 0.29) is 24.7 Å². The number of carboxylic acids is 1. The minimum absolute atomic E-state index is 0.0633. The molecule has 0 saturated carbocycles. The van der Waals surface area contributed by atoms with E-state index in [1.807, 2.05) is 0 Å². The van der Waals surface area contributed by atoms with Crippen LogP contribution in [-0.4, -0.2) is 43.0 Å². The van der Waals surface area contributed by atoms with Crippen LogP contribution in [0.5, 0.6) is 0 Å². The first kappa shape index (κ1) is 16.0. The van der Waals surface area contributed by atoms with Crippen molar-refractivity contribution in [2.45, 2.75) is 26.4 Å². The van der Waals surface area contributed by atoms with Crippen LogP contribution in [0.15, 0.2) is 11.6 Å². The van der Waals surface area contributed by atoms with Crippen molar-refractivity contribution in [2.24, 2.45) is 0 Å². The van der Waals surface area contributed by atoms with Gasteiger partial charge in [-0.1, -0.05) is 0 Å². The van der Waals surface area contributed by atoms with Crippen LogP contribution in [0.3, 0.4) is 0 Å². The van der Waals surface area contributed by atoms with Crippen molar-refractivity contribution >= 4 is 18.1 Å². The summed E-state index contributed by atoms with van der Waals surface area (Å²) in [5.74, 6) is -2.06. The second-order valence-corrected chi connectivity index (χ2v) is 3.51. The molecular weight excluding hydrogens is 244 g/mol. The van der Waals surface area contributed by atoms with Crippen molar-refractivity contribution in [3.05, 3.63) is 11.6 Å². The maximum atomic E-state index is 11.2. The molecule has 0 aromatic heterocycles. The number of rotatable bonds is 6. The molecule has 7 nitrogen and oxygen atoms in total. The number of carbonyl (C=O) groups is 3. The van der Waals surface area contributed by atoms with Crippen LogP contribution in [0.25, 0.3) is 0 Å². The summed E-state index contributed by atoms with van der Waals surface area (Å²) in [5.41, 5.74) is -0.0950. The third-order valence-corrected chi connectivity index (χ3v) is 1.67. The van der Waals surface area contributed by atoms with Gasteiger partial charge in [0.05, 0.1) is 19.8 Å². The van der Waals surface area contributed by atoms with E-state index < -0.39 is 18.1 Å². The maximum absolute atomic E-state index is 11.2. The van der Waals surface area contributed by atoms with Gasteiger partial charge in [0.2, 0.25) is 0 Å². The topological polar surface area (TPSA) is 99.1 Å². The average molecular weight is 260 g/mol. The molecule has 0 aliphatic carbocycles. The third kappa shape index (κ3) is 7.26. The monoisotopic (exact) mass is 260 g/mol. The van der Waals surface area contributed by atoms with Gasteiger partial charge in [-0.2, -0.15) is 0 Å². The highest BCUT2D eigenvalue weighted by Gasteiger charge is 2.13. The smallest absolute Gasteiger partial charge is 0.478 e. The van der Waals surface area contributed by atoms with Crippen molar-refractivity contribution in [1.29, 1.82) is 0 Å². The highest BCUT2D eigenvalue weighted by atomic mass is 16.7. The average Bonchev–Trinajstić information content (AvgIpc) is 2.25. The molecule has 0 rings (SSSR count). The van der Waals surface area contributed by atoms with Crippen LogP contribution >= 0.6 is 0 Å². The molecular formula is C11H16O7. The molecule has 0 unspecified atom stereocenters. The largest absolute Gasteiger partial charge is 0.508 e. The highest BCUT2D eigenvalue weighted by Crippen LogP contribution is 2.05. The summed E-state index contributed by atoms with van der Waals surface area (Å²) in [6, 6.07) is 0. The molecule has 0 aromatic rings. The molecule has 18 heavy (non-hydrogen) atoms. The fraction of sp³-hybridized carbons (Fsp3) is 0.545. The summed E-state index contributed by atoms with van der Waals surface area (Å²) >= 11 is 0. The van der Waals surface area contributed by atoms with E-state index in [2.05, 4.69) is 14.2 Å². The number of methoxy groups -OCH3 is 1. The summed E-state index contributed by atoms with van der Waals surface area (Å²) in [4.78, 5) is 32.6. The van der Waals surface area contributed by atoms with Gasteiger partial charge in [-0.15, -0.1) is 0 Å². The van der Waals surface area contributed by atoms with E-state index in [9.17, 15) is 14.4 Å². The van der Waals surface area contributed by atoms with Gasteiger partial charge in [-0.05, 0) is 13.8 Å². The molecule has 0 radical (unpaired) electrons. The van der Waals surface area contributed by atoms with Gasteiger partial charge in [0.1, 0.15) is 0 Å². The van der Waals surface area contributed by atoms with E-state index in [1.54, 1.807) is 13.8 Å². The molecule has 1 N–H and O–H groups in total. The molecule has 0 saturated heterocycles. The Hall–Kier alpha value is -2.05. The van der Waals surface area contributed by atoms with Gasteiger partial charge in [0.15, 0.2) is 0 Å². The Balaban J connectivity index is 4.25. The lowest BCUT2D eigenvalue weighted by molar-refractivity contribution is -0.137. The van der Waals surface area contributed by atoms with Crippen molar-refractivity contribution in [2.75, 3.05) is 13.7 Å². The van der Waals surface area contributed by atoms with E-state index in [1.165, 1.54) is 0 Å². The summed E-state index contributed by atoms with van der Waals surface area (Å²) in [6.45, 7) is 3.15. The van der Waals surface area contributed by atoms with Gasteiger partial charge < -0.3 is 19.3 Å². The van der Waals surface area contributed by atoms with Crippen molar-refractivity contribution in [1.82, 2.24) is 0 Å². The summed E-state index contributed by atoms with van der Waals surface area (Å²) in [6.07, 6.45) is -0.536. The first-order valence-corrected chi connectivity index (χ1v) is 5.22. The number of carbonyl (C=O) groups excluding carboxylic acids is 2. The molecule has 0 aliphatic rings. The molecule has 0 aromatic carbocycles. The predicted octanol–water partition coefficient (Wildman–Crippen LogP) is 1.12. The van der Waals surface area contributed by atoms with Crippen molar-refractivity contribution in [3.8, 4) is 0 Å². The normalized spacial score (nSPS) is 11.0. The summed E-state index contributed by atoms with van der Waals surface area (Å²) in [5, 5.41) is 8.54. The lowest BCUT2D eigenvalue weighted by Crippen LogP contribution is -2.15. The van der Waals surface area contributed by atoms with Gasteiger partial charge in [-0.25, -0.2) is 14.4 Å². The number of hydrogen-bond acceptors (Lipinski definition) is 6. The second kappa shape index (κ2) is 8.10. The predicted molar refractivity (Wildman–Crippen MR) is 59.9 cm³/mol. The summed E-state index contributed by atoms with van der Waals surface area (Å²) < 4.78 is 13.7. The van der Waals surface area contributed by atoms with Crippen LogP contribution in [0.2, 0.25) is 0 Å². The second-order valence-electron chi connectivity index (χ2n) is 3.51. The molecule has 0 atom stereocenters. The van der Waals surface area contributed by atoms with Crippen LogP contribution < -0.4 is 0 Å². The van der Waals surface area contributed by atoms with Crippen LogP contribution in [0.1, 0.15) is 20.3 Å². The number of aliphatic carboxylic acids is 1. The highest BCUT2D eigenvalue weighted by molar-refractivity contribution is 5.95. The van der Waals surface area contributed by atoms with Crippen LogP contribution in [0, 0.1) is 0 Å². The number of hydrogen-bond donors (Lipinski definition) is 1. The van der Waals surface area contributed by atoms with Crippen molar-refractivity contribution in [3.63, 3.8) is 0 Å². The van der Waals surface area contributed by atoms with Crippen LogP contribution in [0.4, 0.5) is 4.79 Å². The van der Waals surface area contributed by atoms with E-state index >= 15 is 0 Å². The van der Waals surface area contributed by atoms with Gasteiger partial charge in [0, 0.05) is 18.1 Å². The molecule has 0 spiro atoms. The molecule has 0 aliphatic heterocycles. The minimum atomic E-state index is -1.28. The Morgan fingerprint density at radius 1 is 1.28 bits per heavy atom. The van der Waals surface area contributed by atoms with Gasteiger partial charge in [0.25, 0.3) is 0 Å². The Bertz CT molecular complexity index is 343. The number of esters is 1. The minimum Gasteiger partial charge on any atom is -0.478 e. The van der Waals surface area contributed by atoms with E-state index in [0.29, 0.717) is 6.08 Å². The van der Waals surface area contributed by atoms with E-state index in [4.69, 9.17) is 5.11 Å². The zero-order valence-electron chi connectivity index (χ0n) is 10.5. The lowest BCUT2D eigenvalue weighted by atomic mass is 10.2. The third-order valence-electron chi connectivity index (χ3n) is 1.67. The number of ether oxygens (including phenoxy) is 3. The van der Waals surface area contributed by atoms with Gasteiger partial charge in [-0.3, -0.25) is 0 Å². The zero-order valence-corrected chi connectivity index (χ0v) is 10.5. The van der Waals surface area contributed by atoms with Crippen molar-refractivity contribution < 1.29 is 33.7 Å². The summed E-state index contributed by atoms with van der Waals surface area (Å²) in [7, 11) is 1.13. The maximum Gasteiger partial charge on any atom is 0.508 e. The first-order valence-electron chi connectivity index (χ1n) is 5.22. The van der Waals surface area contributed by atoms with Gasteiger partial charge >= 0.3 is 18.1 Å². The lowest BCUT2D eigenvalue weighted by Gasteiger charge is -2.09. The Morgan fingerprint density at radius 2 is 1.89 bits per heavy atom. The molecule has 0 fully saturated rings. The molecule has 0 bridgehead atoms. The first-order chi connectivity index (χ1) is 8.36. The van der Waals surface area contributed by atoms with Crippen LogP contribution in [-0.2, 0) is 23.8 Å². The molecule has 0 heterocycles. The Kier molecular flexibility index (Phi) is 7.18. The Morgan fingerprint density at radius 3 is 2.33 bits per heavy atom. The molecule has 7 heteroatoms. The number of carboxylic acid groups (broad SMARTS) is 1. The zero-order chi connectivity index (χ0) is 14.1. The quantitative estimate of drug-likeness (QED) is 0.564. The SMILES string of the molecule is COC(=O)/C(=C/C(=O)O)CCOC(=O)OC(C)C. The molecule has 0 amide bonds.